The fraction of sp³-hybridized carbons (Fsp3) is 0.200. The number of nitrogen functional groups attached to an aromatic ring is 1. The van der Waals surface area contributed by atoms with E-state index in [0.717, 1.165) is 17.2 Å². The van der Waals surface area contributed by atoms with Gasteiger partial charge in [-0.1, -0.05) is 6.07 Å². The molecule has 4 nitrogen and oxygen atoms in total. The zero-order chi connectivity index (χ0) is 15.8. The van der Waals surface area contributed by atoms with E-state index in [-0.39, 0.29) is 11.3 Å². The average molecular weight is 308 g/mol. The topological polar surface area (TPSA) is 72.2 Å². The molecule has 2 rings (SSSR count). The number of benzene rings is 2. The van der Waals surface area contributed by atoms with E-state index in [1.807, 2.05) is 19.9 Å². The monoisotopic (exact) mass is 308 g/mol. The molecule has 3 N–H and O–H groups in total. The van der Waals surface area contributed by atoms with Crippen molar-refractivity contribution in [3.8, 4) is 0 Å². The van der Waals surface area contributed by atoms with Crippen LogP contribution in [0.2, 0.25) is 0 Å². The molecule has 0 fully saturated rings. The molecular formula is C15H17FN2O2S. The summed E-state index contributed by atoms with van der Waals surface area (Å²) in [6, 6.07) is 7.80. The molecule has 2 aromatic rings. The highest BCUT2D eigenvalue weighted by Crippen LogP contribution is 2.24. The fourth-order valence-electron chi connectivity index (χ4n) is 2.20. The van der Waals surface area contributed by atoms with Crippen molar-refractivity contribution in [3.63, 3.8) is 0 Å². The maximum absolute atomic E-state index is 14.1. The molecule has 0 unspecified atom stereocenters. The Balaban J connectivity index is 2.48. The minimum Gasteiger partial charge on any atom is -0.399 e. The van der Waals surface area contributed by atoms with Gasteiger partial charge in [0, 0.05) is 11.4 Å². The van der Waals surface area contributed by atoms with Crippen molar-refractivity contribution in [2.24, 2.45) is 0 Å². The molecule has 0 saturated heterocycles. The molecule has 0 heterocycles. The number of anilines is 2. The van der Waals surface area contributed by atoms with Gasteiger partial charge in [0.15, 0.2) is 0 Å². The first-order chi connectivity index (χ1) is 9.69. The van der Waals surface area contributed by atoms with Gasteiger partial charge in [-0.3, -0.25) is 4.72 Å². The highest BCUT2D eigenvalue weighted by atomic mass is 32.2. The van der Waals surface area contributed by atoms with Crippen LogP contribution in [-0.2, 0) is 10.0 Å². The summed E-state index contributed by atoms with van der Waals surface area (Å²) in [6.45, 7) is 5.19. The lowest BCUT2D eigenvalue weighted by molar-refractivity contribution is 0.565. The second-order valence-corrected chi connectivity index (χ2v) is 6.78. The number of hydrogen-bond acceptors (Lipinski definition) is 3. The molecule has 0 bridgehead atoms. The molecule has 0 amide bonds. The van der Waals surface area contributed by atoms with Crippen molar-refractivity contribution >= 4 is 21.4 Å². The molecule has 0 aliphatic rings. The van der Waals surface area contributed by atoms with Crippen LogP contribution in [0.15, 0.2) is 35.2 Å². The molecule has 0 spiro atoms. The van der Waals surface area contributed by atoms with Crippen molar-refractivity contribution < 1.29 is 12.8 Å². The zero-order valence-corrected chi connectivity index (χ0v) is 12.9. The van der Waals surface area contributed by atoms with Crippen LogP contribution in [0.1, 0.15) is 16.7 Å². The standard InChI is InChI=1S/C15H17FN2O2S/c1-9-4-10(2)6-13(5-9)18-21(19,20)14-8-12(17)7-11(3)15(14)16/h4-8,18H,17H2,1-3H3. The molecule has 6 heteroatoms. The number of nitrogens with one attached hydrogen (secondary N) is 1. The maximum atomic E-state index is 14.1. The van der Waals surface area contributed by atoms with E-state index in [4.69, 9.17) is 5.73 Å². The van der Waals surface area contributed by atoms with E-state index in [1.54, 1.807) is 12.1 Å². The van der Waals surface area contributed by atoms with Crippen molar-refractivity contribution in [1.82, 2.24) is 0 Å². The first kappa shape index (κ1) is 15.3. The maximum Gasteiger partial charge on any atom is 0.264 e. The quantitative estimate of drug-likeness (QED) is 0.856. The van der Waals surface area contributed by atoms with Gasteiger partial charge in [-0.2, -0.15) is 0 Å². The van der Waals surface area contributed by atoms with E-state index in [1.165, 1.54) is 13.0 Å². The molecule has 2 aromatic carbocycles. The van der Waals surface area contributed by atoms with Crippen molar-refractivity contribution in [1.29, 1.82) is 0 Å². The Morgan fingerprint density at radius 3 is 2.14 bits per heavy atom. The van der Waals surface area contributed by atoms with E-state index in [0.29, 0.717) is 5.69 Å². The Morgan fingerprint density at radius 1 is 1.00 bits per heavy atom. The van der Waals surface area contributed by atoms with Crippen LogP contribution in [-0.4, -0.2) is 8.42 Å². The van der Waals surface area contributed by atoms with Crippen molar-refractivity contribution in [2.75, 3.05) is 10.5 Å². The van der Waals surface area contributed by atoms with Gasteiger partial charge >= 0.3 is 0 Å². The number of halogens is 1. The van der Waals surface area contributed by atoms with Gasteiger partial charge in [-0.05, 0) is 61.7 Å². The third-order valence-corrected chi connectivity index (χ3v) is 4.39. The lowest BCUT2D eigenvalue weighted by Gasteiger charge is -2.12. The van der Waals surface area contributed by atoms with Gasteiger partial charge in [0.05, 0.1) is 0 Å². The SMILES string of the molecule is Cc1cc(C)cc(NS(=O)(=O)c2cc(N)cc(C)c2F)c1. The second kappa shape index (κ2) is 5.37. The Morgan fingerprint density at radius 2 is 1.57 bits per heavy atom. The minimum absolute atomic E-state index is 0.191. The number of rotatable bonds is 3. The van der Waals surface area contributed by atoms with Gasteiger partial charge in [-0.15, -0.1) is 0 Å². The van der Waals surface area contributed by atoms with Gasteiger partial charge in [-0.25, -0.2) is 12.8 Å². The summed E-state index contributed by atoms with van der Waals surface area (Å²) in [5.74, 6) is -0.791. The van der Waals surface area contributed by atoms with Crippen LogP contribution in [0, 0.1) is 26.6 Å². The summed E-state index contributed by atoms with van der Waals surface area (Å²) in [4.78, 5) is -0.445. The van der Waals surface area contributed by atoms with E-state index < -0.39 is 20.7 Å². The largest absolute Gasteiger partial charge is 0.399 e. The molecule has 0 saturated carbocycles. The van der Waals surface area contributed by atoms with Crippen LogP contribution in [0.4, 0.5) is 15.8 Å². The fourth-order valence-corrected chi connectivity index (χ4v) is 3.43. The molecule has 0 atom stereocenters. The first-order valence-electron chi connectivity index (χ1n) is 6.36. The Hall–Kier alpha value is -2.08. The lowest BCUT2D eigenvalue weighted by atomic mass is 10.1. The smallest absolute Gasteiger partial charge is 0.264 e. The van der Waals surface area contributed by atoms with Crippen LogP contribution in [0.25, 0.3) is 0 Å². The van der Waals surface area contributed by atoms with Crippen LogP contribution >= 0.6 is 0 Å². The summed E-state index contributed by atoms with van der Waals surface area (Å²) in [6.07, 6.45) is 0. The summed E-state index contributed by atoms with van der Waals surface area (Å²) in [7, 11) is -4.03. The lowest BCUT2D eigenvalue weighted by Crippen LogP contribution is -2.16. The van der Waals surface area contributed by atoms with E-state index in [9.17, 15) is 12.8 Å². The Labute approximate surface area is 123 Å². The van der Waals surface area contributed by atoms with Gasteiger partial charge in [0.2, 0.25) is 0 Å². The molecule has 0 aliphatic carbocycles. The summed E-state index contributed by atoms with van der Waals surface area (Å²) in [5.41, 5.74) is 8.22. The van der Waals surface area contributed by atoms with Crippen LogP contribution in [0.3, 0.4) is 0 Å². The van der Waals surface area contributed by atoms with Crippen LogP contribution < -0.4 is 10.5 Å². The van der Waals surface area contributed by atoms with Crippen molar-refractivity contribution in [3.05, 3.63) is 52.8 Å². The number of nitrogens with two attached hydrogens (primary N) is 1. The summed E-state index contributed by atoms with van der Waals surface area (Å²) < 4.78 is 41.1. The van der Waals surface area contributed by atoms with Gasteiger partial charge in [0.25, 0.3) is 10.0 Å². The highest BCUT2D eigenvalue weighted by Gasteiger charge is 2.21. The number of aryl methyl sites for hydroxylation is 3. The minimum atomic E-state index is -4.03. The van der Waals surface area contributed by atoms with Crippen molar-refractivity contribution in [2.45, 2.75) is 25.7 Å². The van der Waals surface area contributed by atoms with Gasteiger partial charge < -0.3 is 5.73 Å². The molecule has 112 valence electrons. The summed E-state index contributed by atoms with van der Waals surface area (Å²) in [5, 5.41) is 0. The molecule has 0 aliphatic heterocycles. The predicted octanol–water partition coefficient (Wildman–Crippen LogP) is 3.13. The highest BCUT2D eigenvalue weighted by molar-refractivity contribution is 7.92. The molecule has 0 aromatic heterocycles. The third-order valence-electron chi connectivity index (χ3n) is 3.01. The second-order valence-electron chi connectivity index (χ2n) is 5.13. The molecular weight excluding hydrogens is 291 g/mol. The van der Waals surface area contributed by atoms with E-state index in [2.05, 4.69) is 4.72 Å². The number of sulfonamides is 1. The normalized spacial score (nSPS) is 11.4. The zero-order valence-electron chi connectivity index (χ0n) is 12.1. The predicted molar refractivity (Wildman–Crippen MR) is 82.3 cm³/mol. The number of hydrogen-bond donors (Lipinski definition) is 2. The van der Waals surface area contributed by atoms with Crippen LogP contribution in [0.5, 0.6) is 0 Å². The molecule has 0 radical (unpaired) electrons. The average Bonchev–Trinajstić information content (AvgIpc) is 2.31. The van der Waals surface area contributed by atoms with E-state index >= 15 is 0 Å². The third kappa shape index (κ3) is 3.33. The molecule has 21 heavy (non-hydrogen) atoms. The first-order valence-corrected chi connectivity index (χ1v) is 7.84. The Bertz CT molecular complexity index is 781. The van der Waals surface area contributed by atoms with Gasteiger partial charge in [0.1, 0.15) is 10.7 Å². The Kier molecular flexibility index (Phi) is 3.91. The summed E-state index contributed by atoms with van der Waals surface area (Å²) >= 11 is 0.